The van der Waals surface area contributed by atoms with Gasteiger partial charge in [0.2, 0.25) is 5.91 Å². The minimum absolute atomic E-state index is 0.0826. The Kier molecular flexibility index (Phi) is 5.87. The summed E-state index contributed by atoms with van der Waals surface area (Å²) in [5.41, 5.74) is 3.37. The Morgan fingerprint density at radius 1 is 1.26 bits per heavy atom. The topological polar surface area (TPSA) is 64.0 Å². The Balaban J connectivity index is 2.16. The average molecular weight is 402 g/mol. The molecule has 1 aromatic heterocycles. The third-order valence-corrected chi connectivity index (χ3v) is 5.50. The van der Waals surface area contributed by atoms with Crippen LogP contribution in [0.15, 0.2) is 46.3 Å². The van der Waals surface area contributed by atoms with Crippen LogP contribution in [0.1, 0.15) is 18.1 Å². The molecule has 3 aromatic rings. The van der Waals surface area contributed by atoms with Crippen LogP contribution >= 0.6 is 23.4 Å². The third kappa shape index (κ3) is 4.17. The maximum absolute atomic E-state index is 13.3. The fourth-order valence-corrected chi connectivity index (χ4v) is 3.82. The van der Waals surface area contributed by atoms with Crippen LogP contribution in [-0.2, 0) is 4.79 Å². The maximum Gasteiger partial charge on any atom is 0.266 e. The van der Waals surface area contributed by atoms with Gasteiger partial charge in [0, 0.05) is 24.2 Å². The smallest absolute Gasteiger partial charge is 0.266 e. The number of nitrogens with one attached hydrogen (secondary N) is 1. The van der Waals surface area contributed by atoms with Crippen molar-refractivity contribution in [3.8, 4) is 5.69 Å². The first-order valence-corrected chi connectivity index (χ1v) is 9.91. The van der Waals surface area contributed by atoms with Crippen LogP contribution < -0.4 is 10.9 Å². The second-order valence-corrected chi connectivity index (χ2v) is 7.75. The number of carbonyl (C=O) groups is 1. The van der Waals surface area contributed by atoms with E-state index in [9.17, 15) is 9.59 Å². The number of nitrogens with zero attached hydrogens (tertiary/aromatic N) is 2. The number of aromatic nitrogens is 2. The molecule has 0 unspecified atom stereocenters. The lowest BCUT2D eigenvalue weighted by atomic mass is 10.1. The molecule has 0 saturated heterocycles. The summed E-state index contributed by atoms with van der Waals surface area (Å²) in [6.45, 7) is 5.99. The number of hydrogen-bond donors (Lipinski definition) is 1. The van der Waals surface area contributed by atoms with Crippen molar-refractivity contribution in [3.05, 3.63) is 62.9 Å². The van der Waals surface area contributed by atoms with Gasteiger partial charge in [-0.15, -0.1) is 0 Å². The van der Waals surface area contributed by atoms with Gasteiger partial charge in [0.1, 0.15) is 0 Å². The van der Waals surface area contributed by atoms with Gasteiger partial charge in [-0.05, 0) is 49.2 Å². The summed E-state index contributed by atoms with van der Waals surface area (Å²) in [7, 11) is 0. The second kappa shape index (κ2) is 8.15. The Hall–Kier alpha value is -2.31. The average Bonchev–Trinajstić information content (AvgIpc) is 2.61. The Bertz CT molecular complexity index is 1080. The summed E-state index contributed by atoms with van der Waals surface area (Å²) in [6, 6.07) is 11.0. The van der Waals surface area contributed by atoms with Crippen LogP contribution in [0.5, 0.6) is 0 Å². The van der Waals surface area contributed by atoms with E-state index < -0.39 is 0 Å². The molecule has 0 spiro atoms. The van der Waals surface area contributed by atoms with E-state index in [1.54, 1.807) is 22.8 Å². The first-order chi connectivity index (χ1) is 12.9. The van der Waals surface area contributed by atoms with Crippen LogP contribution in [0.3, 0.4) is 0 Å². The summed E-state index contributed by atoms with van der Waals surface area (Å²) in [4.78, 5) is 29.0. The molecule has 0 fully saturated rings. The molecule has 1 N–H and O–H groups in total. The van der Waals surface area contributed by atoms with Crippen LogP contribution in [0, 0.1) is 13.8 Å². The fraction of sp³-hybridized carbons (Fsp3) is 0.250. The highest BCUT2D eigenvalue weighted by Gasteiger charge is 2.15. The van der Waals surface area contributed by atoms with Gasteiger partial charge in [0.05, 0.1) is 16.6 Å². The van der Waals surface area contributed by atoms with Gasteiger partial charge in [-0.2, -0.15) is 0 Å². The number of halogens is 1. The molecule has 0 atom stereocenters. The van der Waals surface area contributed by atoms with E-state index in [0.29, 0.717) is 33.4 Å². The van der Waals surface area contributed by atoms with E-state index in [-0.39, 0.29) is 11.5 Å². The summed E-state index contributed by atoms with van der Waals surface area (Å²) in [5, 5.41) is 4.39. The second-order valence-electron chi connectivity index (χ2n) is 6.25. The number of hydrogen-bond acceptors (Lipinski definition) is 4. The standard InChI is InChI=1S/C20H20ClN3O2S/c1-12-5-4-6-18(13(12)2)24-19(26)16-8-7-15(21)11-17(16)23-20(24)27-10-9-22-14(3)25/h4-8,11H,9-10H2,1-3H3,(H,22,25). The largest absolute Gasteiger partial charge is 0.356 e. The summed E-state index contributed by atoms with van der Waals surface area (Å²) >= 11 is 7.51. The van der Waals surface area contributed by atoms with Gasteiger partial charge in [-0.1, -0.05) is 35.5 Å². The molecular weight excluding hydrogens is 382 g/mol. The number of amides is 1. The van der Waals surface area contributed by atoms with E-state index in [1.165, 1.54) is 18.7 Å². The molecule has 1 heterocycles. The molecule has 27 heavy (non-hydrogen) atoms. The maximum atomic E-state index is 13.3. The first-order valence-electron chi connectivity index (χ1n) is 8.54. The predicted octanol–water partition coefficient (Wildman–Crippen LogP) is 3.88. The molecule has 0 aliphatic heterocycles. The van der Waals surface area contributed by atoms with Crippen molar-refractivity contribution in [3.63, 3.8) is 0 Å². The van der Waals surface area contributed by atoms with Crippen LogP contribution in [0.25, 0.3) is 16.6 Å². The molecule has 0 saturated carbocycles. The van der Waals surface area contributed by atoms with Crippen molar-refractivity contribution < 1.29 is 4.79 Å². The SMILES string of the molecule is CC(=O)NCCSc1nc2cc(Cl)ccc2c(=O)n1-c1cccc(C)c1C. The van der Waals surface area contributed by atoms with E-state index >= 15 is 0 Å². The Labute approximate surface area is 166 Å². The molecule has 1 amide bonds. The molecule has 3 rings (SSSR count). The molecule has 140 valence electrons. The van der Waals surface area contributed by atoms with E-state index in [0.717, 1.165) is 16.8 Å². The predicted molar refractivity (Wildman–Crippen MR) is 111 cm³/mol. The minimum atomic E-state index is -0.132. The summed E-state index contributed by atoms with van der Waals surface area (Å²) in [5.74, 6) is 0.518. The van der Waals surface area contributed by atoms with E-state index in [2.05, 4.69) is 10.3 Å². The molecule has 0 radical (unpaired) electrons. The van der Waals surface area contributed by atoms with Gasteiger partial charge < -0.3 is 5.32 Å². The molecular formula is C20H20ClN3O2S. The molecule has 7 heteroatoms. The van der Waals surface area contributed by atoms with E-state index in [4.69, 9.17) is 11.6 Å². The Morgan fingerprint density at radius 3 is 2.78 bits per heavy atom. The van der Waals surface area contributed by atoms with Crippen molar-refractivity contribution in [2.75, 3.05) is 12.3 Å². The highest BCUT2D eigenvalue weighted by atomic mass is 35.5. The lowest BCUT2D eigenvalue weighted by Crippen LogP contribution is -2.25. The van der Waals surface area contributed by atoms with Gasteiger partial charge >= 0.3 is 0 Å². The number of thioether (sulfide) groups is 1. The first kappa shape index (κ1) is 19.5. The number of aryl methyl sites for hydroxylation is 1. The molecule has 0 aliphatic rings. The minimum Gasteiger partial charge on any atom is -0.356 e. The number of fused-ring (bicyclic) bond motifs is 1. The summed E-state index contributed by atoms with van der Waals surface area (Å²) in [6.07, 6.45) is 0. The van der Waals surface area contributed by atoms with Gasteiger partial charge in [-0.25, -0.2) is 4.98 Å². The van der Waals surface area contributed by atoms with Gasteiger partial charge in [0.25, 0.3) is 5.56 Å². The van der Waals surface area contributed by atoms with Crippen molar-refractivity contribution in [2.45, 2.75) is 25.9 Å². The lowest BCUT2D eigenvalue weighted by molar-refractivity contribution is -0.118. The van der Waals surface area contributed by atoms with Crippen molar-refractivity contribution in [1.82, 2.24) is 14.9 Å². The third-order valence-electron chi connectivity index (χ3n) is 4.32. The number of benzene rings is 2. The van der Waals surface area contributed by atoms with E-state index in [1.807, 2.05) is 32.0 Å². The molecule has 2 aromatic carbocycles. The zero-order chi connectivity index (χ0) is 19.6. The van der Waals surface area contributed by atoms with Gasteiger partial charge in [0.15, 0.2) is 5.16 Å². The monoisotopic (exact) mass is 401 g/mol. The van der Waals surface area contributed by atoms with Crippen molar-refractivity contribution in [2.24, 2.45) is 0 Å². The van der Waals surface area contributed by atoms with Gasteiger partial charge in [-0.3, -0.25) is 14.2 Å². The van der Waals surface area contributed by atoms with Crippen LogP contribution in [-0.4, -0.2) is 27.8 Å². The Morgan fingerprint density at radius 2 is 2.04 bits per heavy atom. The van der Waals surface area contributed by atoms with Crippen molar-refractivity contribution >= 4 is 40.2 Å². The molecule has 5 nitrogen and oxygen atoms in total. The highest BCUT2D eigenvalue weighted by molar-refractivity contribution is 7.99. The van der Waals surface area contributed by atoms with Crippen LogP contribution in [0.4, 0.5) is 0 Å². The quantitative estimate of drug-likeness (QED) is 0.400. The highest BCUT2D eigenvalue weighted by Crippen LogP contribution is 2.25. The molecule has 0 aliphatic carbocycles. The van der Waals surface area contributed by atoms with Crippen LogP contribution in [0.2, 0.25) is 5.02 Å². The number of rotatable bonds is 5. The van der Waals surface area contributed by atoms with Crippen molar-refractivity contribution in [1.29, 1.82) is 0 Å². The summed E-state index contributed by atoms with van der Waals surface area (Å²) < 4.78 is 1.65. The zero-order valence-electron chi connectivity index (χ0n) is 15.4. The number of carbonyl (C=O) groups excluding carboxylic acids is 1. The lowest BCUT2D eigenvalue weighted by Gasteiger charge is -2.16. The molecule has 0 bridgehead atoms. The fourth-order valence-electron chi connectivity index (χ4n) is 2.80. The zero-order valence-corrected chi connectivity index (χ0v) is 16.9. The normalized spacial score (nSPS) is 11.0.